The maximum Gasteiger partial charge on any atom is 0.336 e. The first kappa shape index (κ1) is 26.9. The number of nitro benzene ring substituents is 1. The summed E-state index contributed by atoms with van der Waals surface area (Å²) in [7, 11) is 0. The maximum absolute atomic E-state index is 13.1. The molecule has 0 amide bonds. The van der Waals surface area contributed by atoms with Crippen molar-refractivity contribution in [2.75, 3.05) is 6.61 Å². The van der Waals surface area contributed by atoms with E-state index in [4.69, 9.17) is 9.47 Å². The minimum Gasteiger partial charge on any atom is -0.490 e. The van der Waals surface area contributed by atoms with Crippen molar-refractivity contribution in [3.8, 4) is 11.5 Å². The molecule has 0 N–H and O–H groups in total. The summed E-state index contributed by atoms with van der Waals surface area (Å²) in [6.07, 6.45) is 4.24. The number of fused-ring (bicyclic) bond motifs is 1. The number of rotatable bonds is 9. The van der Waals surface area contributed by atoms with E-state index in [1.807, 2.05) is 19.9 Å². The summed E-state index contributed by atoms with van der Waals surface area (Å²) in [5, 5.41) is 15.7. The second-order valence-corrected chi connectivity index (χ2v) is 8.75. The molecule has 39 heavy (non-hydrogen) atoms. The number of carbonyl (C=O) groups excluding carboxylic acids is 1. The lowest BCUT2D eigenvalue weighted by Gasteiger charge is -2.12. The second kappa shape index (κ2) is 12.0. The summed E-state index contributed by atoms with van der Waals surface area (Å²) < 4.78 is 12.4. The number of para-hydroxylation sites is 1. The van der Waals surface area contributed by atoms with Gasteiger partial charge in [0.15, 0.2) is 11.5 Å². The molecule has 4 rings (SSSR count). The summed E-state index contributed by atoms with van der Waals surface area (Å²) in [5.41, 5.74) is 1.53. The fourth-order valence-corrected chi connectivity index (χ4v) is 3.72. The Morgan fingerprint density at radius 1 is 1.08 bits per heavy atom. The van der Waals surface area contributed by atoms with Gasteiger partial charge in [-0.25, -0.2) is 9.78 Å². The summed E-state index contributed by atoms with van der Waals surface area (Å²) >= 11 is 0. The van der Waals surface area contributed by atoms with E-state index in [1.54, 1.807) is 43.3 Å². The Bertz CT molecular complexity index is 1640. The Labute approximate surface area is 224 Å². The Hall–Kier alpha value is -5.12. The summed E-state index contributed by atoms with van der Waals surface area (Å²) in [6.45, 7) is 6.01. The Balaban J connectivity index is 1.56. The van der Waals surface area contributed by atoms with Crippen LogP contribution in [0.3, 0.4) is 0 Å². The highest BCUT2D eigenvalue weighted by Crippen LogP contribution is 2.28. The zero-order valence-electron chi connectivity index (χ0n) is 21.6. The van der Waals surface area contributed by atoms with E-state index in [2.05, 4.69) is 10.1 Å². The number of hydrogen-bond acceptors (Lipinski definition) is 8. The predicted octanol–water partition coefficient (Wildman–Crippen LogP) is 5.33. The van der Waals surface area contributed by atoms with Gasteiger partial charge in [-0.1, -0.05) is 26.0 Å². The molecule has 0 aliphatic carbocycles. The molecule has 0 atom stereocenters. The Kier molecular flexibility index (Phi) is 8.25. The van der Waals surface area contributed by atoms with Gasteiger partial charge in [0, 0.05) is 24.1 Å². The highest BCUT2D eigenvalue weighted by Gasteiger charge is 2.14. The molecule has 1 aromatic heterocycles. The number of carbonyl (C=O) groups is 1. The highest BCUT2D eigenvalue weighted by atomic mass is 16.6. The number of nitrogens with zero attached hydrogens (tertiary/aromatic N) is 4. The average Bonchev–Trinajstić information content (AvgIpc) is 2.93. The minimum absolute atomic E-state index is 0.0399. The van der Waals surface area contributed by atoms with Crippen LogP contribution >= 0.6 is 0 Å². The van der Waals surface area contributed by atoms with Crippen LogP contribution in [0.2, 0.25) is 0 Å². The Morgan fingerprint density at radius 3 is 2.49 bits per heavy atom. The topological polar surface area (TPSA) is 126 Å². The molecule has 10 heteroatoms. The maximum atomic E-state index is 13.1. The first-order valence-corrected chi connectivity index (χ1v) is 12.2. The number of hydrogen-bond donors (Lipinski definition) is 0. The summed E-state index contributed by atoms with van der Waals surface area (Å²) in [6, 6.07) is 17.8. The number of non-ortho nitro benzene ring substituents is 1. The van der Waals surface area contributed by atoms with Crippen LogP contribution in [0.5, 0.6) is 11.5 Å². The number of esters is 1. The van der Waals surface area contributed by atoms with Crippen LogP contribution in [0, 0.1) is 10.1 Å². The number of nitro groups is 1. The van der Waals surface area contributed by atoms with Crippen molar-refractivity contribution in [2.45, 2.75) is 26.7 Å². The van der Waals surface area contributed by atoms with Gasteiger partial charge in [0.05, 0.1) is 28.6 Å². The number of ether oxygens (including phenoxy) is 2. The van der Waals surface area contributed by atoms with Crippen LogP contribution in [0.1, 0.15) is 43.6 Å². The van der Waals surface area contributed by atoms with Crippen molar-refractivity contribution in [2.24, 2.45) is 5.10 Å². The van der Waals surface area contributed by atoms with Crippen molar-refractivity contribution in [3.05, 3.63) is 110 Å². The average molecular weight is 527 g/mol. The molecule has 0 radical (unpaired) electrons. The van der Waals surface area contributed by atoms with Crippen molar-refractivity contribution in [3.63, 3.8) is 0 Å². The lowest BCUT2D eigenvalue weighted by Crippen LogP contribution is -2.23. The molecule has 0 spiro atoms. The van der Waals surface area contributed by atoms with E-state index in [0.717, 1.165) is 0 Å². The SMILES string of the molecule is CCOc1cc(C=Nn2c(C(C)C)nc3ccccc3c2=O)ccc1OC(=O)/C=C/c1ccc([N+](=O)[O-])cc1. The Morgan fingerprint density at radius 2 is 1.79 bits per heavy atom. The second-order valence-electron chi connectivity index (χ2n) is 8.75. The molecule has 4 aromatic rings. The van der Waals surface area contributed by atoms with E-state index in [0.29, 0.717) is 40.2 Å². The van der Waals surface area contributed by atoms with E-state index >= 15 is 0 Å². The largest absolute Gasteiger partial charge is 0.490 e. The van der Waals surface area contributed by atoms with Gasteiger partial charge in [-0.3, -0.25) is 14.9 Å². The van der Waals surface area contributed by atoms with Gasteiger partial charge in [-0.2, -0.15) is 9.78 Å². The van der Waals surface area contributed by atoms with Crippen LogP contribution < -0.4 is 15.0 Å². The molecule has 1 heterocycles. The van der Waals surface area contributed by atoms with Crippen molar-refractivity contribution >= 4 is 34.9 Å². The standard InChI is InChI=1S/C29H26N4O6/c1-4-38-26-17-21(18-30-32-28(19(2)3)31-24-8-6-5-7-23(24)29(32)35)11-15-25(26)39-27(34)16-12-20-9-13-22(14-10-20)33(36)37/h5-19H,4H2,1-3H3/b16-12+,30-18?. The minimum atomic E-state index is -0.647. The first-order chi connectivity index (χ1) is 18.8. The smallest absolute Gasteiger partial charge is 0.336 e. The van der Waals surface area contributed by atoms with Crippen molar-refractivity contribution in [1.29, 1.82) is 0 Å². The molecule has 0 aliphatic rings. The van der Waals surface area contributed by atoms with Crippen LogP contribution in [0.4, 0.5) is 5.69 Å². The van der Waals surface area contributed by atoms with Crippen LogP contribution in [0.15, 0.2) is 82.7 Å². The van der Waals surface area contributed by atoms with E-state index in [-0.39, 0.29) is 22.9 Å². The predicted molar refractivity (Wildman–Crippen MR) is 148 cm³/mol. The monoisotopic (exact) mass is 526 g/mol. The van der Waals surface area contributed by atoms with Gasteiger partial charge in [0.25, 0.3) is 11.2 Å². The van der Waals surface area contributed by atoms with E-state index in [9.17, 15) is 19.7 Å². The molecule has 10 nitrogen and oxygen atoms in total. The van der Waals surface area contributed by atoms with E-state index < -0.39 is 10.9 Å². The number of benzene rings is 3. The zero-order chi connectivity index (χ0) is 27.9. The third-order valence-electron chi connectivity index (χ3n) is 5.61. The fraction of sp³-hybridized carbons (Fsp3) is 0.172. The molecule has 0 saturated heterocycles. The van der Waals surface area contributed by atoms with Gasteiger partial charge >= 0.3 is 5.97 Å². The van der Waals surface area contributed by atoms with Gasteiger partial charge in [-0.15, -0.1) is 0 Å². The molecule has 3 aromatic carbocycles. The third kappa shape index (κ3) is 6.42. The quantitative estimate of drug-likeness (QED) is 0.0721. The van der Waals surface area contributed by atoms with E-state index in [1.165, 1.54) is 47.3 Å². The van der Waals surface area contributed by atoms with Crippen LogP contribution in [-0.4, -0.2) is 33.4 Å². The van der Waals surface area contributed by atoms with Gasteiger partial charge in [0.2, 0.25) is 0 Å². The van der Waals surface area contributed by atoms with Gasteiger partial charge < -0.3 is 9.47 Å². The molecule has 198 valence electrons. The first-order valence-electron chi connectivity index (χ1n) is 12.2. The molecule has 0 saturated carbocycles. The molecule has 0 fully saturated rings. The van der Waals surface area contributed by atoms with Crippen molar-refractivity contribution in [1.82, 2.24) is 9.66 Å². The molecular weight excluding hydrogens is 500 g/mol. The van der Waals surface area contributed by atoms with Crippen molar-refractivity contribution < 1.29 is 19.2 Å². The van der Waals surface area contributed by atoms with Crippen LogP contribution in [-0.2, 0) is 4.79 Å². The van der Waals surface area contributed by atoms with Gasteiger partial charge in [0.1, 0.15) is 5.82 Å². The lowest BCUT2D eigenvalue weighted by atomic mass is 10.2. The van der Waals surface area contributed by atoms with Crippen LogP contribution in [0.25, 0.3) is 17.0 Å². The molecule has 0 aliphatic heterocycles. The fourth-order valence-electron chi connectivity index (χ4n) is 3.72. The molecule has 0 unspecified atom stereocenters. The van der Waals surface area contributed by atoms with Gasteiger partial charge in [-0.05, 0) is 66.6 Å². The number of aromatic nitrogens is 2. The summed E-state index contributed by atoms with van der Waals surface area (Å²) in [5.74, 6) is 0.377. The molecular formula is C29H26N4O6. The third-order valence-corrected chi connectivity index (χ3v) is 5.61. The zero-order valence-corrected chi connectivity index (χ0v) is 21.6. The lowest BCUT2D eigenvalue weighted by molar-refractivity contribution is -0.384. The summed E-state index contributed by atoms with van der Waals surface area (Å²) in [4.78, 5) is 40.4. The molecule has 0 bridgehead atoms. The highest BCUT2D eigenvalue weighted by molar-refractivity contribution is 5.89. The normalized spacial score (nSPS) is 11.5.